The molecule has 2 N–H and O–H groups in total. The Morgan fingerprint density at radius 1 is 1.23 bits per heavy atom. The maximum atomic E-state index is 12.5. The van der Waals surface area contributed by atoms with Crippen molar-refractivity contribution in [3.63, 3.8) is 0 Å². The number of hydrogen-bond donors (Lipinski definition) is 2. The predicted molar refractivity (Wildman–Crippen MR) is 111 cm³/mol. The lowest BCUT2D eigenvalue weighted by molar-refractivity contribution is -0.133. The van der Waals surface area contributed by atoms with Gasteiger partial charge in [-0.3, -0.25) is 14.5 Å². The van der Waals surface area contributed by atoms with Crippen molar-refractivity contribution < 1.29 is 14.4 Å². The van der Waals surface area contributed by atoms with Gasteiger partial charge in [-0.1, -0.05) is 25.5 Å². The van der Waals surface area contributed by atoms with Crippen LogP contribution in [0, 0.1) is 0 Å². The summed E-state index contributed by atoms with van der Waals surface area (Å²) in [7, 11) is 0. The summed E-state index contributed by atoms with van der Waals surface area (Å²) in [6.07, 6.45) is 4.77. The first-order chi connectivity index (χ1) is 14.4. The number of nitrogens with one attached hydrogen (secondary N) is 2. The zero-order valence-electron chi connectivity index (χ0n) is 17.3. The quantitative estimate of drug-likeness (QED) is 0.736. The number of hydrogen-bond acceptors (Lipinski definition) is 5. The highest BCUT2D eigenvalue weighted by Gasteiger charge is 2.46. The Morgan fingerprint density at radius 3 is 2.83 bits per heavy atom. The van der Waals surface area contributed by atoms with Crippen LogP contribution in [0.25, 0.3) is 11.4 Å². The molecule has 158 valence electrons. The Bertz CT molecular complexity index is 1000. The number of nitrogens with zero attached hydrogens (tertiary/aromatic N) is 4. The number of benzene rings is 1. The first kappa shape index (κ1) is 20.1. The van der Waals surface area contributed by atoms with Gasteiger partial charge in [0.25, 0.3) is 5.91 Å². The number of amides is 4. The summed E-state index contributed by atoms with van der Waals surface area (Å²) in [6, 6.07) is 6.83. The van der Waals surface area contributed by atoms with Crippen LogP contribution < -0.4 is 10.6 Å². The van der Waals surface area contributed by atoms with Crippen molar-refractivity contribution in [2.75, 3.05) is 11.9 Å². The van der Waals surface area contributed by atoms with Gasteiger partial charge in [-0.25, -0.2) is 4.79 Å². The molecule has 0 saturated carbocycles. The van der Waals surface area contributed by atoms with Crippen molar-refractivity contribution in [3.8, 4) is 11.4 Å². The molecular formula is C21H26N6O3. The molecular weight excluding hydrogens is 384 g/mol. The third-order valence-electron chi connectivity index (χ3n) is 5.87. The average Bonchev–Trinajstić information content (AvgIpc) is 3.11. The van der Waals surface area contributed by atoms with E-state index in [0.29, 0.717) is 12.1 Å². The Balaban J connectivity index is 1.48. The molecule has 1 saturated heterocycles. The van der Waals surface area contributed by atoms with Gasteiger partial charge in [-0.2, -0.15) is 0 Å². The normalized spacial score (nSPS) is 21.2. The monoisotopic (exact) mass is 410 g/mol. The molecule has 30 heavy (non-hydrogen) atoms. The molecule has 0 unspecified atom stereocenters. The summed E-state index contributed by atoms with van der Waals surface area (Å²) in [5.74, 6) is 0.964. The lowest BCUT2D eigenvalue weighted by atomic mass is 9.99. The van der Waals surface area contributed by atoms with E-state index in [9.17, 15) is 14.4 Å². The van der Waals surface area contributed by atoms with E-state index in [4.69, 9.17) is 0 Å². The van der Waals surface area contributed by atoms with E-state index in [-0.39, 0.29) is 12.5 Å². The first-order valence-electron chi connectivity index (χ1n) is 10.4. The number of carbonyl (C=O) groups excluding carboxylic acids is 3. The zero-order chi connectivity index (χ0) is 21.3. The van der Waals surface area contributed by atoms with Gasteiger partial charge in [0.15, 0.2) is 5.82 Å². The summed E-state index contributed by atoms with van der Waals surface area (Å²) >= 11 is 0. The highest BCUT2D eigenvalue weighted by molar-refractivity contribution is 6.09. The Kier molecular flexibility index (Phi) is 5.27. The maximum Gasteiger partial charge on any atom is 0.325 e. The van der Waals surface area contributed by atoms with Gasteiger partial charge >= 0.3 is 6.03 Å². The number of urea groups is 1. The van der Waals surface area contributed by atoms with E-state index in [0.717, 1.165) is 47.9 Å². The highest BCUT2D eigenvalue weighted by Crippen LogP contribution is 2.25. The molecule has 1 aromatic carbocycles. The molecule has 0 spiro atoms. The van der Waals surface area contributed by atoms with Crippen LogP contribution in [0.15, 0.2) is 24.3 Å². The van der Waals surface area contributed by atoms with Gasteiger partial charge in [0.05, 0.1) is 0 Å². The van der Waals surface area contributed by atoms with Crippen LogP contribution >= 0.6 is 0 Å². The molecule has 0 aliphatic carbocycles. The maximum absolute atomic E-state index is 12.5. The Morgan fingerprint density at radius 2 is 2.07 bits per heavy atom. The number of imide groups is 1. The van der Waals surface area contributed by atoms with Crippen molar-refractivity contribution >= 4 is 23.5 Å². The van der Waals surface area contributed by atoms with Crippen LogP contribution in [-0.2, 0) is 22.6 Å². The van der Waals surface area contributed by atoms with Crippen molar-refractivity contribution in [2.24, 2.45) is 0 Å². The molecule has 2 aliphatic heterocycles. The van der Waals surface area contributed by atoms with E-state index in [1.165, 1.54) is 6.42 Å². The third kappa shape index (κ3) is 3.67. The summed E-state index contributed by atoms with van der Waals surface area (Å²) in [5.41, 5.74) is 0.485. The summed E-state index contributed by atoms with van der Waals surface area (Å²) in [4.78, 5) is 38.1. The molecule has 1 atom stereocenters. The molecule has 9 heteroatoms. The fourth-order valence-corrected chi connectivity index (χ4v) is 3.91. The van der Waals surface area contributed by atoms with Crippen molar-refractivity contribution in [1.82, 2.24) is 25.0 Å². The number of carbonyl (C=O) groups is 3. The molecule has 1 fully saturated rings. The second-order valence-corrected chi connectivity index (χ2v) is 8.04. The average molecular weight is 410 g/mol. The molecule has 9 nitrogen and oxygen atoms in total. The zero-order valence-corrected chi connectivity index (χ0v) is 17.3. The molecule has 2 aromatic rings. The van der Waals surface area contributed by atoms with Gasteiger partial charge in [0.2, 0.25) is 5.91 Å². The fraction of sp³-hybridized carbons (Fsp3) is 0.476. The minimum absolute atomic E-state index is 0.329. The van der Waals surface area contributed by atoms with Crippen LogP contribution in [0.3, 0.4) is 0 Å². The molecule has 0 radical (unpaired) electrons. The third-order valence-corrected chi connectivity index (χ3v) is 5.87. The Labute approximate surface area is 174 Å². The Hall–Kier alpha value is -3.23. The summed E-state index contributed by atoms with van der Waals surface area (Å²) in [6.45, 7) is 4.04. The van der Waals surface area contributed by atoms with E-state index in [1.807, 2.05) is 25.1 Å². The lowest BCUT2D eigenvalue weighted by Crippen LogP contribution is -2.44. The van der Waals surface area contributed by atoms with Crippen molar-refractivity contribution in [3.05, 3.63) is 30.1 Å². The largest absolute Gasteiger partial charge is 0.325 e. The van der Waals surface area contributed by atoms with E-state index < -0.39 is 17.5 Å². The lowest BCUT2D eigenvalue weighted by Gasteiger charge is -2.19. The van der Waals surface area contributed by atoms with Crippen LogP contribution in [0.1, 0.15) is 45.4 Å². The van der Waals surface area contributed by atoms with Crippen molar-refractivity contribution in [2.45, 2.75) is 58.0 Å². The number of fused-ring (bicyclic) bond motifs is 1. The van der Waals surface area contributed by atoms with Gasteiger partial charge < -0.3 is 15.2 Å². The number of rotatable bonds is 5. The summed E-state index contributed by atoms with van der Waals surface area (Å²) in [5, 5.41) is 14.1. The molecule has 0 bridgehead atoms. The minimum atomic E-state index is -0.956. The smallest absolute Gasteiger partial charge is 0.325 e. The minimum Gasteiger partial charge on any atom is -0.325 e. The fourth-order valence-electron chi connectivity index (χ4n) is 3.91. The van der Waals surface area contributed by atoms with Gasteiger partial charge in [0.1, 0.15) is 17.9 Å². The predicted octanol–water partition coefficient (Wildman–Crippen LogP) is 2.33. The molecule has 3 heterocycles. The first-order valence-corrected chi connectivity index (χ1v) is 10.4. The van der Waals surface area contributed by atoms with Crippen LogP contribution in [0.2, 0.25) is 0 Å². The molecule has 4 rings (SSSR count). The second kappa shape index (κ2) is 7.89. The van der Waals surface area contributed by atoms with Gasteiger partial charge in [-0.15, -0.1) is 10.2 Å². The molecule has 4 amide bonds. The van der Waals surface area contributed by atoms with Gasteiger partial charge in [0, 0.05) is 24.2 Å². The van der Waals surface area contributed by atoms with Crippen LogP contribution in [0.4, 0.5) is 10.5 Å². The second-order valence-electron chi connectivity index (χ2n) is 8.04. The van der Waals surface area contributed by atoms with Crippen LogP contribution in [-0.4, -0.2) is 49.6 Å². The van der Waals surface area contributed by atoms with E-state index >= 15 is 0 Å². The van der Waals surface area contributed by atoms with Gasteiger partial charge in [-0.05, 0) is 38.3 Å². The number of aryl methyl sites for hydroxylation is 1. The van der Waals surface area contributed by atoms with E-state index in [2.05, 4.69) is 25.4 Å². The summed E-state index contributed by atoms with van der Waals surface area (Å²) < 4.78 is 2.15. The molecule has 2 aliphatic rings. The van der Waals surface area contributed by atoms with Crippen molar-refractivity contribution in [1.29, 1.82) is 0 Å². The topological polar surface area (TPSA) is 109 Å². The van der Waals surface area contributed by atoms with E-state index in [1.54, 1.807) is 13.0 Å². The molecule has 1 aromatic heterocycles. The SMILES string of the molecule is CC[C@@]1(C)NC(=O)N(CC(=O)Nc2cccc(-c3nnc4n3CCCCC4)c2)C1=O. The highest BCUT2D eigenvalue weighted by atomic mass is 16.2. The number of anilines is 1. The standard InChI is InChI=1S/C21H26N6O3/c1-3-21(2)19(29)27(20(30)23-21)13-17(28)22-15-9-7-8-14(12-15)18-25-24-16-10-5-4-6-11-26(16)18/h7-9,12H,3-6,10-11,13H2,1-2H3,(H,22,28)(H,23,30)/t21-/m1/s1. The van der Waals surface area contributed by atoms with Crippen LogP contribution in [0.5, 0.6) is 0 Å². The number of aromatic nitrogens is 3.